The lowest BCUT2D eigenvalue weighted by atomic mass is 10.1. The summed E-state index contributed by atoms with van der Waals surface area (Å²) in [6, 6.07) is 8.99. The van der Waals surface area contributed by atoms with E-state index in [-0.39, 0.29) is 17.0 Å². The molecule has 0 fully saturated rings. The van der Waals surface area contributed by atoms with Crippen molar-refractivity contribution in [3.05, 3.63) is 41.7 Å². The van der Waals surface area contributed by atoms with Crippen molar-refractivity contribution < 1.29 is 13.2 Å². The van der Waals surface area contributed by atoms with E-state index in [4.69, 9.17) is 0 Å². The summed E-state index contributed by atoms with van der Waals surface area (Å²) in [6.45, 7) is 0. The number of nitrogens with zero attached hydrogens (tertiary/aromatic N) is 4. The average Bonchev–Trinajstić information content (AvgIpc) is 2.67. The van der Waals surface area contributed by atoms with Gasteiger partial charge < -0.3 is 0 Å². The Hall–Kier alpha value is -1.92. The molecule has 0 saturated heterocycles. The molecule has 1 aromatic heterocycles. The molecular weight excluding hydrogens is 221 g/mol. The van der Waals surface area contributed by atoms with Crippen LogP contribution in [0.25, 0.3) is 0 Å². The predicted molar refractivity (Wildman–Crippen MR) is 48.4 cm³/mol. The summed E-state index contributed by atoms with van der Waals surface area (Å²) in [5, 5.41) is 9.52. The number of hydrogen-bond donors (Lipinski definition) is 0. The summed E-state index contributed by atoms with van der Waals surface area (Å²) in [4.78, 5) is -0.342. The smallest absolute Gasteiger partial charge is 0.147 e. The summed E-state index contributed by atoms with van der Waals surface area (Å²) in [6.07, 6.45) is -4.38. The van der Waals surface area contributed by atoms with Crippen LogP contribution in [0.4, 0.5) is 13.2 Å². The molecule has 0 unspecified atom stereocenters. The van der Waals surface area contributed by atoms with Gasteiger partial charge in [-0.1, -0.05) is 35.1 Å². The molecule has 1 aromatic carbocycles. The molecular formula is C9H7F3N4. The maximum atomic E-state index is 12.1. The van der Waals surface area contributed by atoms with Crippen LogP contribution in [0.15, 0.2) is 30.3 Å². The minimum atomic E-state index is -4.61. The third-order valence-corrected chi connectivity index (χ3v) is 1.89. The van der Waals surface area contributed by atoms with E-state index in [0.29, 0.717) is 0 Å². The molecule has 0 amide bonds. The Kier molecular flexibility index (Phi) is 2.59. The number of hydrogen-bond acceptors (Lipinski definition) is 3. The van der Waals surface area contributed by atoms with Crippen LogP contribution in [-0.2, 0) is 12.7 Å². The Balaban J connectivity index is 2.15. The number of aromatic nitrogens is 4. The molecule has 0 spiro atoms. The first kappa shape index (κ1) is 10.6. The molecule has 0 N–H and O–H groups in total. The van der Waals surface area contributed by atoms with Crippen molar-refractivity contribution in [2.45, 2.75) is 12.7 Å². The van der Waals surface area contributed by atoms with E-state index in [1.807, 2.05) is 6.07 Å². The number of benzene rings is 1. The Bertz CT molecular complexity index is 463. The van der Waals surface area contributed by atoms with E-state index in [1.165, 1.54) is 0 Å². The first-order valence-corrected chi connectivity index (χ1v) is 4.46. The topological polar surface area (TPSA) is 43.6 Å². The zero-order valence-corrected chi connectivity index (χ0v) is 8.02. The van der Waals surface area contributed by atoms with E-state index in [0.717, 1.165) is 5.56 Å². The fraction of sp³-hybridized carbons (Fsp3) is 0.222. The van der Waals surface area contributed by atoms with Gasteiger partial charge in [0.15, 0.2) is 5.82 Å². The molecule has 7 heteroatoms. The molecule has 0 saturated carbocycles. The highest BCUT2D eigenvalue weighted by Gasteiger charge is 2.34. The summed E-state index contributed by atoms with van der Waals surface area (Å²) < 4.78 is 36.4. The van der Waals surface area contributed by atoms with Crippen molar-refractivity contribution in [1.82, 2.24) is 20.2 Å². The van der Waals surface area contributed by atoms with Gasteiger partial charge in [0, 0.05) is 6.42 Å². The molecule has 2 rings (SSSR count). The van der Waals surface area contributed by atoms with Gasteiger partial charge in [-0.15, -0.1) is 23.4 Å². The van der Waals surface area contributed by atoms with Gasteiger partial charge in [0.25, 0.3) is 0 Å². The number of halogens is 3. The Morgan fingerprint density at radius 2 is 1.81 bits per heavy atom. The van der Waals surface area contributed by atoms with Crippen LogP contribution in [0, 0.1) is 0 Å². The fourth-order valence-corrected chi connectivity index (χ4v) is 1.20. The fourth-order valence-electron chi connectivity index (χ4n) is 1.20. The van der Waals surface area contributed by atoms with Gasteiger partial charge in [-0.2, -0.15) is 0 Å². The van der Waals surface area contributed by atoms with Crippen LogP contribution in [0.3, 0.4) is 0 Å². The molecule has 0 bridgehead atoms. The summed E-state index contributed by atoms with van der Waals surface area (Å²) in [5.74, 6) is 0.0449. The van der Waals surface area contributed by atoms with Gasteiger partial charge in [-0.05, 0) is 10.8 Å². The van der Waals surface area contributed by atoms with Crippen LogP contribution in [0.5, 0.6) is 0 Å². The zero-order valence-electron chi connectivity index (χ0n) is 8.02. The largest absolute Gasteiger partial charge is 0.522 e. The van der Waals surface area contributed by atoms with Crippen molar-refractivity contribution in [2.24, 2.45) is 0 Å². The van der Waals surface area contributed by atoms with Crippen molar-refractivity contribution >= 4 is 0 Å². The molecule has 2 aromatic rings. The zero-order chi connectivity index (χ0) is 11.6. The van der Waals surface area contributed by atoms with E-state index in [2.05, 4.69) is 15.4 Å². The highest BCUT2D eigenvalue weighted by molar-refractivity contribution is 5.17. The SMILES string of the molecule is FC(F)(F)n1nnc(Cc2ccccc2)n1. The van der Waals surface area contributed by atoms with Crippen LogP contribution in [0.1, 0.15) is 11.4 Å². The van der Waals surface area contributed by atoms with E-state index in [9.17, 15) is 13.2 Å². The average molecular weight is 228 g/mol. The van der Waals surface area contributed by atoms with E-state index in [1.54, 1.807) is 24.3 Å². The van der Waals surface area contributed by atoms with Crippen molar-refractivity contribution in [1.29, 1.82) is 0 Å². The van der Waals surface area contributed by atoms with Crippen molar-refractivity contribution in [3.8, 4) is 0 Å². The lowest BCUT2D eigenvalue weighted by molar-refractivity contribution is -0.222. The summed E-state index contributed by atoms with van der Waals surface area (Å²) in [7, 11) is 0. The lowest BCUT2D eigenvalue weighted by Gasteiger charge is -2.00. The van der Waals surface area contributed by atoms with Gasteiger partial charge in [-0.25, -0.2) is 0 Å². The third kappa shape index (κ3) is 2.36. The maximum absolute atomic E-state index is 12.1. The Morgan fingerprint density at radius 1 is 1.12 bits per heavy atom. The lowest BCUT2D eigenvalue weighted by Crippen LogP contribution is -2.20. The standard InChI is InChI=1S/C9H7F3N4/c10-9(11,12)16-14-8(13-15-16)6-7-4-2-1-3-5-7/h1-5H,6H2. The van der Waals surface area contributed by atoms with Crippen LogP contribution >= 0.6 is 0 Å². The molecule has 0 atom stereocenters. The predicted octanol–water partition coefficient (Wildman–Crippen LogP) is 1.74. The van der Waals surface area contributed by atoms with Gasteiger partial charge >= 0.3 is 6.30 Å². The second-order valence-corrected chi connectivity index (χ2v) is 3.13. The molecule has 1 heterocycles. The van der Waals surface area contributed by atoms with Crippen molar-refractivity contribution in [3.63, 3.8) is 0 Å². The number of tetrazole rings is 1. The van der Waals surface area contributed by atoms with Gasteiger partial charge in [-0.3, -0.25) is 0 Å². The number of alkyl halides is 3. The van der Waals surface area contributed by atoms with Crippen LogP contribution in [-0.4, -0.2) is 20.2 Å². The minimum absolute atomic E-state index is 0.0449. The first-order chi connectivity index (χ1) is 7.55. The second kappa shape index (κ2) is 3.92. The van der Waals surface area contributed by atoms with Gasteiger partial charge in [0.1, 0.15) is 0 Å². The Morgan fingerprint density at radius 3 is 2.38 bits per heavy atom. The molecule has 84 valence electrons. The first-order valence-electron chi connectivity index (χ1n) is 4.46. The third-order valence-electron chi connectivity index (χ3n) is 1.89. The van der Waals surface area contributed by atoms with Gasteiger partial charge in [0.05, 0.1) is 0 Å². The molecule has 0 aliphatic rings. The minimum Gasteiger partial charge on any atom is -0.147 e. The summed E-state index contributed by atoms with van der Waals surface area (Å²) in [5.41, 5.74) is 0.837. The second-order valence-electron chi connectivity index (χ2n) is 3.13. The molecule has 0 aliphatic carbocycles. The Labute approximate surface area is 88.7 Å². The van der Waals surface area contributed by atoms with E-state index >= 15 is 0 Å². The highest BCUT2D eigenvalue weighted by atomic mass is 19.4. The molecule has 0 radical (unpaired) electrons. The monoisotopic (exact) mass is 228 g/mol. The van der Waals surface area contributed by atoms with E-state index < -0.39 is 6.30 Å². The maximum Gasteiger partial charge on any atom is 0.522 e. The normalized spacial score (nSPS) is 11.7. The number of rotatable bonds is 2. The molecule has 4 nitrogen and oxygen atoms in total. The quantitative estimate of drug-likeness (QED) is 0.786. The molecule has 16 heavy (non-hydrogen) atoms. The van der Waals surface area contributed by atoms with Crippen molar-refractivity contribution in [2.75, 3.05) is 0 Å². The highest BCUT2D eigenvalue weighted by Crippen LogP contribution is 2.18. The van der Waals surface area contributed by atoms with Gasteiger partial charge in [0.2, 0.25) is 0 Å². The van der Waals surface area contributed by atoms with Crippen LogP contribution in [0.2, 0.25) is 0 Å². The van der Waals surface area contributed by atoms with Crippen LogP contribution < -0.4 is 0 Å². The molecule has 0 aliphatic heterocycles. The summed E-state index contributed by atoms with van der Waals surface area (Å²) >= 11 is 0.